The molecule has 0 spiro atoms. The number of hydrogen-bond acceptors (Lipinski definition) is 3. The van der Waals surface area contributed by atoms with Crippen molar-refractivity contribution in [3.05, 3.63) is 112 Å². The summed E-state index contributed by atoms with van der Waals surface area (Å²) in [4.78, 5) is 27.2. The molecule has 3 aromatic carbocycles. The number of nitrogens with zero attached hydrogens (tertiary/aromatic N) is 2. The molecule has 1 heterocycles. The summed E-state index contributed by atoms with van der Waals surface area (Å²) < 4.78 is 58.0. The Morgan fingerprint density at radius 3 is 2.39 bits per heavy atom. The van der Waals surface area contributed by atoms with Gasteiger partial charge in [-0.2, -0.15) is 0 Å². The van der Waals surface area contributed by atoms with Gasteiger partial charge < -0.3 is 5.32 Å². The average Bonchev–Trinajstić information content (AvgIpc) is 3.15. The fraction of sp³-hybridized carbons (Fsp3) is 0.154. The third-order valence-electron chi connectivity index (χ3n) is 5.47. The maximum absolute atomic E-state index is 14.7. The number of thioether (sulfide) groups is 1. The summed E-state index contributed by atoms with van der Waals surface area (Å²) >= 11 is 1.53. The van der Waals surface area contributed by atoms with E-state index in [1.165, 1.54) is 40.8 Å². The number of benzene rings is 3. The van der Waals surface area contributed by atoms with Gasteiger partial charge in [-0.05, 0) is 54.3 Å². The van der Waals surface area contributed by atoms with Crippen molar-refractivity contribution in [1.29, 1.82) is 0 Å². The van der Waals surface area contributed by atoms with Crippen molar-refractivity contribution in [2.75, 3.05) is 11.6 Å². The third kappa shape index (κ3) is 5.38. The Labute approximate surface area is 208 Å². The zero-order chi connectivity index (χ0) is 26.0. The Bertz CT molecular complexity index is 1470. The van der Waals surface area contributed by atoms with Crippen LogP contribution in [0.2, 0.25) is 0 Å². The molecule has 10 heteroatoms. The molecule has 0 radical (unpaired) electrons. The summed E-state index contributed by atoms with van der Waals surface area (Å²) in [7, 11) is 0. The van der Waals surface area contributed by atoms with E-state index in [1.807, 2.05) is 6.26 Å². The second kappa shape index (κ2) is 10.1. The van der Waals surface area contributed by atoms with Crippen LogP contribution in [0.5, 0.6) is 0 Å². The van der Waals surface area contributed by atoms with Crippen molar-refractivity contribution in [3.8, 4) is 5.69 Å². The number of halogens is 4. The number of nitrogens with one attached hydrogen (secondary N) is 1. The van der Waals surface area contributed by atoms with Gasteiger partial charge in [0, 0.05) is 35.3 Å². The minimum absolute atomic E-state index is 0.133. The second-order valence-corrected chi connectivity index (χ2v) is 9.00. The topological polar surface area (TPSA) is 56.0 Å². The Morgan fingerprint density at radius 2 is 1.75 bits per heavy atom. The van der Waals surface area contributed by atoms with Crippen LogP contribution in [0.1, 0.15) is 28.4 Å². The number of aromatic nitrogens is 2. The van der Waals surface area contributed by atoms with E-state index in [4.69, 9.17) is 0 Å². The van der Waals surface area contributed by atoms with Crippen molar-refractivity contribution in [2.24, 2.45) is 0 Å². The van der Waals surface area contributed by atoms with E-state index in [1.54, 1.807) is 30.3 Å². The molecule has 0 aliphatic heterocycles. The number of amides is 1. The molecule has 0 aliphatic rings. The summed E-state index contributed by atoms with van der Waals surface area (Å²) in [6, 6.07) is 15.2. The van der Waals surface area contributed by atoms with Gasteiger partial charge in [-0.1, -0.05) is 18.2 Å². The molecule has 0 saturated carbocycles. The molecular weight excluding hydrogens is 494 g/mol. The van der Waals surface area contributed by atoms with E-state index in [2.05, 4.69) is 5.32 Å². The van der Waals surface area contributed by atoms with Gasteiger partial charge in [-0.3, -0.25) is 14.3 Å². The van der Waals surface area contributed by atoms with Gasteiger partial charge in [0.25, 0.3) is 17.4 Å². The molecule has 4 rings (SSSR count). The van der Waals surface area contributed by atoms with Crippen molar-refractivity contribution < 1.29 is 22.4 Å². The highest BCUT2D eigenvalue weighted by atomic mass is 32.2. The lowest BCUT2D eigenvalue weighted by Crippen LogP contribution is -2.26. The smallest absolute Gasteiger partial charge is 0.284 e. The van der Waals surface area contributed by atoms with E-state index < -0.39 is 29.0 Å². The van der Waals surface area contributed by atoms with Crippen LogP contribution in [0.3, 0.4) is 0 Å². The summed E-state index contributed by atoms with van der Waals surface area (Å²) in [5.74, 6) is -5.69. The van der Waals surface area contributed by atoms with Crippen LogP contribution in [-0.2, 0) is 12.5 Å². The van der Waals surface area contributed by atoms with E-state index in [0.29, 0.717) is 17.3 Å². The quantitative estimate of drug-likeness (QED) is 0.241. The Morgan fingerprint density at radius 1 is 1.03 bits per heavy atom. The van der Waals surface area contributed by atoms with E-state index in [0.717, 1.165) is 28.6 Å². The molecule has 1 amide bonds. The zero-order valence-electron chi connectivity index (χ0n) is 19.3. The van der Waals surface area contributed by atoms with Crippen LogP contribution in [0.25, 0.3) is 5.69 Å². The highest BCUT2D eigenvalue weighted by Crippen LogP contribution is 2.27. The van der Waals surface area contributed by atoms with Crippen molar-refractivity contribution in [2.45, 2.75) is 24.3 Å². The van der Waals surface area contributed by atoms with Gasteiger partial charge in [0.2, 0.25) is 0 Å². The van der Waals surface area contributed by atoms with Crippen molar-refractivity contribution in [1.82, 2.24) is 9.36 Å². The average molecular weight is 516 g/mol. The molecule has 0 saturated heterocycles. The summed E-state index contributed by atoms with van der Waals surface area (Å²) in [6.07, 6.45) is 3.12. The molecule has 0 unspecified atom stereocenters. The largest absolute Gasteiger partial charge is 0.322 e. The first kappa shape index (κ1) is 25.3. The molecule has 0 aliphatic carbocycles. The van der Waals surface area contributed by atoms with Gasteiger partial charge in [0.1, 0.15) is 17.1 Å². The minimum atomic E-state index is -3.09. The molecule has 0 atom stereocenters. The fourth-order valence-corrected chi connectivity index (χ4v) is 4.08. The highest BCUT2D eigenvalue weighted by Gasteiger charge is 2.25. The molecule has 5 nitrogen and oxygen atoms in total. The lowest BCUT2D eigenvalue weighted by molar-refractivity contribution is 0.0174. The first-order chi connectivity index (χ1) is 17.1. The van der Waals surface area contributed by atoms with Crippen molar-refractivity contribution >= 4 is 23.4 Å². The number of alkyl halides is 2. The maximum atomic E-state index is 14.7. The van der Waals surface area contributed by atoms with Crippen molar-refractivity contribution in [3.63, 3.8) is 0 Å². The lowest BCUT2D eigenvalue weighted by Gasteiger charge is -2.15. The van der Waals surface area contributed by atoms with E-state index >= 15 is 0 Å². The van der Waals surface area contributed by atoms with Gasteiger partial charge in [0.15, 0.2) is 5.82 Å². The predicted octanol–water partition coefficient (Wildman–Crippen LogP) is 6.05. The van der Waals surface area contributed by atoms with Gasteiger partial charge >= 0.3 is 0 Å². The number of rotatable bonds is 7. The first-order valence-corrected chi connectivity index (χ1v) is 12.0. The maximum Gasteiger partial charge on any atom is 0.284 e. The Kier molecular flexibility index (Phi) is 7.07. The SMILES string of the molecule is CSc1ccc(NC(=O)c2cn(Cc3cccc(C(C)(F)F)c3)n(-c3ccc(F)cc3F)c2=O)cc1. The number of hydrogen-bond donors (Lipinski definition) is 1. The lowest BCUT2D eigenvalue weighted by atomic mass is 10.1. The molecule has 0 bridgehead atoms. The van der Waals surface area contributed by atoms with Crippen LogP contribution in [0.15, 0.2) is 82.6 Å². The molecule has 1 aromatic heterocycles. The minimum Gasteiger partial charge on any atom is -0.322 e. The summed E-state index contributed by atoms with van der Waals surface area (Å²) in [5.41, 5.74) is -0.843. The molecule has 0 fully saturated rings. The fourth-order valence-electron chi connectivity index (χ4n) is 3.67. The molecule has 4 aromatic rings. The van der Waals surface area contributed by atoms with Gasteiger partial charge in [-0.15, -0.1) is 11.8 Å². The normalized spacial score (nSPS) is 11.5. The molecule has 36 heavy (non-hydrogen) atoms. The third-order valence-corrected chi connectivity index (χ3v) is 6.21. The summed E-state index contributed by atoms with van der Waals surface area (Å²) in [6.45, 7) is 0.630. The zero-order valence-corrected chi connectivity index (χ0v) is 20.1. The summed E-state index contributed by atoms with van der Waals surface area (Å²) in [5, 5.41) is 2.63. The van der Waals surface area contributed by atoms with Crippen LogP contribution >= 0.6 is 11.8 Å². The van der Waals surface area contributed by atoms with Gasteiger partial charge in [-0.25, -0.2) is 22.2 Å². The number of carbonyl (C=O) groups is 1. The van der Waals surface area contributed by atoms with E-state index in [9.17, 15) is 27.2 Å². The molecular formula is C26H21F4N3O2S. The standard InChI is InChI=1S/C26H21F4N3O2S/c1-26(29,30)17-5-3-4-16(12-17)14-32-15-21(24(34)31-19-7-9-20(36-2)10-8-19)25(35)33(32)23-11-6-18(27)13-22(23)28/h3-13,15H,14H2,1-2H3,(H,31,34). The number of anilines is 1. The van der Waals surface area contributed by atoms with Crippen LogP contribution in [-0.4, -0.2) is 21.5 Å². The Hall–Kier alpha value is -3.79. The van der Waals surface area contributed by atoms with Crippen LogP contribution < -0.4 is 10.9 Å². The highest BCUT2D eigenvalue weighted by molar-refractivity contribution is 7.98. The monoisotopic (exact) mass is 515 g/mol. The number of carbonyl (C=O) groups excluding carboxylic acids is 1. The van der Waals surface area contributed by atoms with E-state index in [-0.39, 0.29) is 23.4 Å². The molecule has 1 N–H and O–H groups in total. The predicted molar refractivity (Wildman–Crippen MR) is 131 cm³/mol. The second-order valence-electron chi connectivity index (χ2n) is 8.12. The van der Waals surface area contributed by atoms with Gasteiger partial charge in [0.05, 0.1) is 6.54 Å². The molecule has 186 valence electrons. The first-order valence-electron chi connectivity index (χ1n) is 10.8. The van der Waals surface area contributed by atoms with Crippen LogP contribution in [0, 0.1) is 11.6 Å². The Balaban J connectivity index is 1.77. The van der Waals surface area contributed by atoms with Crippen LogP contribution in [0.4, 0.5) is 23.2 Å².